The van der Waals surface area contributed by atoms with Crippen molar-refractivity contribution in [2.45, 2.75) is 12.8 Å². The maximum Gasteiger partial charge on any atom is 0.162 e. The number of benzene rings is 2. The van der Waals surface area contributed by atoms with Crippen molar-refractivity contribution >= 4 is 22.5 Å². The van der Waals surface area contributed by atoms with Crippen molar-refractivity contribution in [1.29, 1.82) is 0 Å². The van der Waals surface area contributed by atoms with Gasteiger partial charge in [-0.2, -0.15) is 5.10 Å². The van der Waals surface area contributed by atoms with Gasteiger partial charge in [0.15, 0.2) is 5.82 Å². The number of fused-ring (bicyclic) bond motifs is 1. The van der Waals surface area contributed by atoms with E-state index in [9.17, 15) is 0 Å². The fourth-order valence-electron chi connectivity index (χ4n) is 2.97. The van der Waals surface area contributed by atoms with Gasteiger partial charge in [-0.05, 0) is 25.0 Å². The third kappa shape index (κ3) is 3.96. The summed E-state index contributed by atoms with van der Waals surface area (Å²) < 4.78 is 5.10. The van der Waals surface area contributed by atoms with Crippen LogP contribution in [0, 0.1) is 0 Å². The minimum Gasteiger partial charge on any atom is -0.385 e. The SMILES string of the molecule is COCCCc1cc(Nc2nc(-c3ccccc3)nc3ccccc23)[nH]n1. The van der Waals surface area contributed by atoms with Gasteiger partial charge in [0.1, 0.15) is 11.6 Å². The lowest BCUT2D eigenvalue weighted by Gasteiger charge is -2.09. The number of hydrogen-bond donors (Lipinski definition) is 2. The van der Waals surface area contributed by atoms with Gasteiger partial charge in [0.2, 0.25) is 0 Å². The van der Waals surface area contributed by atoms with E-state index in [4.69, 9.17) is 14.7 Å². The highest BCUT2D eigenvalue weighted by molar-refractivity contribution is 5.91. The van der Waals surface area contributed by atoms with E-state index in [-0.39, 0.29) is 0 Å². The Labute approximate surface area is 157 Å². The van der Waals surface area contributed by atoms with E-state index in [0.29, 0.717) is 5.82 Å². The number of aromatic nitrogens is 4. The van der Waals surface area contributed by atoms with E-state index >= 15 is 0 Å². The zero-order chi connectivity index (χ0) is 18.5. The van der Waals surface area contributed by atoms with Crippen LogP contribution in [0.4, 0.5) is 11.6 Å². The van der Waals surface area contributed by atoms with Crippen molar-refractivity contribution in [1.82, 2.24) is 20.2 Å². The van der Waals surface area contributed by atoms with Crippen LogP contribution in [-0.4, -0.2) is 33.9 Å². The predicted octanol–water partition coefficient (Wildman–Crippen LogP) is 4.34. The van der Waals surface area contributed by atoms with Crippen molar-refractivity contribution in [3.63, 3.8) is 0 Å². The normalized spacial score (nSPS) is 11.0. The zero-order valence-electron chi connectivity index (χ0n) is 15.1. The number of nitrogens with zero attached hydrogens (tertiary/aromatic N) is 3. The fourth-order valence-corrected chi connectivity index (χ4v) is 2.97. The number of para-hydroxylation sites is 1. The van der Waals surface area contributed by atoms with Gasteiger partial charge >= 0.3 is 0 Å². The van der Waals surface area contributed by atoms with Gasteiger partial charge in [0.05, 0.1) is 11.2 Å². The second-order valence-electron chi connectivity index (χ2n) is 6.27. The van der Waals surface area contributed by atoms with Crippen LogP contribution in [0.3, 0.4) is 0 Å². The molecule has 4 rings (SSSR count). The van der Waals surface area contributed by atoms with E-state index in [1.165, 1.54) is 0 Å². The molecule has 6 nitrogen and oxygen atoms in total. The largest absolute Gasteiger partial charge is 0.385 e. The maximum atomic E-state index is 5.10. The lowest BCUT2D eigenvalue weighted by atomic mass is 10.2. The lowest BCUT2D eigenvalue weighted by molar-refractivity contribution is 0.195. The molecule has 0 amide bonds. The Kier molecular flexibility index (Phi) is 5.07. The molecular weight excluding hydrogens is 338 g/mol. The van der Waals surface area contributed by atoms with Crippen LogP contribution < -0.4 is 5.32 Å². The summed E-state index contributed by atoms with van der Waals surface area (Å²) in [6.07, 6.45) is 1.81. The molecule has 2 aromatic heterocycles. The molecule has 2 heterocycles. The molecule has 0 aliphatic heterocycles. The summed E-state index contributed by atoms with van der Waals surface area (Å²) in [5.41, 5.74) is 2.88. The molecule has 4 aromatic rings. The van der Waals surface area contributed by atoms with Crippen molar-refractivity contribution in [2.24, 2.45) is 0 Å². The lowest BCUT2D eigenvalue weighted by Crippen LogP contribution is -1.99. The molecule has 0 spiro atoms. The second kappa shape index (κ2) is 7.97. The maximum absolute atomic E-state index is 5.10. The molecule has 0 aliphatic rings. The van der Waals surface area contributed by atoms with E-state index in [0.717, 1.165) is 53.2 Å². The van der Waals surface area contributed by atoms with Crippen LogP contribution in [-0.2, 0) is 11.2 Å². The molecule has 0 unspecified atom stereocenters. The third-order valence-electron chi connectivity index (χ3n) is 4.30. The van der Waals surface area contributed by atoms with E-state index < -0.39 is 0 Å². The molecule has 136 valence electrons. The summed E-state index contributed by atoms with van der Waals surface area (Å²) in [4.78, 5) is 9.47. The number of nitrogens with one attached hydrogen (secondary N) is 2. The molecular formula is C21H21N5O. The molecule has 2 aromatic carbocycles. The highest BCUT2D eigenvalue weighted by Gasteiger charge is 2.10. The Morgan fingerprint density at radius 1 is 1.00 bits per heavy atom. The Morgan fingerprint density at radius 2 is 1.81 bits per heavy atom. The predicted molar refractivity (Wildman–Crippen MR) is 107 cm³/mol. The minimum atomic E-state index is 0.691. The second-order valence-corrected chi connectivity index (χ2v) is 6.27. The topological polar surface area (TPSA) is 75.7 Å². The molecule has 0 fully saturated rings. The molecule has 0 saturated carbocycles. The van der Waals surface area contributed by atoms with Gasteiger partial charge in [-0.15, -0.1) is 0 Å². The first-order chi connectivity index (χ1) is 13.3. The molecule has 0 aliphatic carbocycles. The Balaban J connectivity index is 1.66. The van der Waals surface area contributed by atoms with Crippen LogP contribution in [0.5, 0.6) is 0 Å². The van der Waals surface area contributed by atoms with Crippen LogP contribution in [0.15, 0.2) is 60.7 Å². The first-order valence-corrected chi connectivity index (χ1v) is 8.96. The summed E-state index contributed by atoms with van der Waals surface area (Å²) in [5, 5.41) is 11.7. The van der Waals surface area contributed by atoms with Crippen LogP contribution in [0.1, 0.15) is 12.1 Å². The number of rotatable bonds is 7. The van der Waals surface area contributed by atoms with Crippen molar-refractivity contribution < 1.29 is 4.74 Å². The molecule has 6 heteroatoms. The number of hydrogen-bond acceptors (Lipinski definition) is 5. The Hall–Kier alpha value is -3.25. The minimum absolute atomic E-state index is 0.691. The van der Waals surface area contributed by atoms with Crippen LogP contribution in [0.25, 0.3) is 22.3 Å². The molecule has 2 N–H and O–H groups in total. The highest BCUT2D eigenvalue weighted by atomic mass is 16.5. The number of ether oxygens (including phenoxy) is 1. The molecule has 27 heavy (non-hydrogen) atoms. The number of aryl methyl sites for hydroxylation is 1. The average molecular weight is 359 g/mol. The summed E-state index contributed by atoms with van der Waals surface area (Å²) in [5.74, 6) is 2.26. The van der Waals surface area contributed by atoms with Crippen LogP contribution in [0.2, 0.25) is 0 Å². The summed E-state index contributed by atoms with van der Waals surface area (Å²) in [6, 6.07) is 20.0. The van der Waals surface area contributed by atoms with Crippen molar-refractivity contribution in [2.75, 3.05) is 19.0 Å². The highest BCUT2D eigenvalue weighted by Crippen LogP contribution is 2.26. The Bertz CT molecular complexity index is 1030. The Morgan fingerprint density at radius 3 is 2.67 bits per heavy atom. The number of aromatic amines is 1. The van der Waals surface area contributed by atoms with Gasteiger partial charge in [-0.3, -0.25) is 5.10 Å². The van der Waals surface area contributed by atoms with Gasteiger partial charge in [-0.1, -0.05) is 42.5 Å². The fraction of sp³-hybridized carbons (Fsp3) is 0.190. The standard InChI is InChI=1S/C21H21N5O/c1-27-13-7-10-16-14-19(26-25-16)23-21-17-11-5-6-12-18(17)22-20(24-21)15-8-3-2-4-9-15/h2-6,8-9,11-12,14H,7,10,13H2,1H3,(H2,22,23,24,25,26). The van der Waals surface area contributed by atoms with Crippen molar-refractivity contribution in [3.05, 3.63) is 66.4 Å². The monoisotopic (exact) mass is 359 g/mol. The summed E-state index contributed by atoms with van der Waals surface area (Å²) >= 11 is 0. The van der Waals surface area contributed by atoms with E-state index in [1.54, 1.807) is 7.11 Å². The molecule has 0 radical (unpaired) electrons. The summed E-state index contributed by atoms with van der Waals surface area (Å²) in [6.45, 7) is 0.729. The van der Waals surface area contributed by atoms with E-state index in [2.05, 4.69) is 15.5 Å². The van der Waals surface area contributed by atoms with Gasteiger partial charge in [-0.25, -0.2) is 9.97 Å². The average Bonchev–Trinajstić information content (AvgIpc) is 3.16. The quantitative estimate of drug-likeness (QED) is 0.480. The number of H-pyrrole nitrogens is 1. The number of methoxy groups -OCH3 is 1. The number of anilines is 2. The first kappa shape index (κ1) is 17.2. The molecule has 0 saturated heterocycles. The first-order valence-electron chi connectivity index (χ1n) is 8.96. The molecule has 0 bridgehead atoms. The van der Waals surface area contributed by atoms with Gasteiger partial charge in [0, 0.05) is 30.7 Å². The van der Waals surface area contributed by atoms with Gasteiger partial charge in [0.25, 0.3) is 0 Å². The van der Waals surface area contributed by atoms with E-state index in [1.807, 2.05) is 60.7 Å². The zero-order valence-corrected chi connectivity index (χ0v) is 15.1. The third-order valence-corrected chi connectivity index (χ3v) is 4.30. The molecule has 0 atom stereocenters. The van der Waals surface area contributed by atoms with Crippen LogP contribution >= 0.6 is 0 Å². The van der Waals surface area contributed by atoms with Crippen molar-refractivity contribution in [3.8, 4) is 11.4 Å². The smallest absolute Gasteiger partial charge is 0.162 e. The van der Waals surface area contributed by atoms with Gasteiger partial charge < -0.3 is 10.1 Å². The summed E-state index contributed by atoms with van der Waals surface area (Å²) in [7, 11) is 1.71.